The highest BCUT2D eigenvalue weighted by Gasteiger charge is 2.33. The van der Waals surface area contributed by atoms with Crippen LogP contribution in [0.1, 0.15) is 43.9 Å². The van der Waals surface area contributed by atoms with E-state index >= 15 is 0 Å². The molecule has 0 saturated heterocycles. The van der Waals surface area contributed by atoms with E-state index < -0.39 is 12.1 Å². The van der Waals surface area contributed by atoms with E-state index in [1.807, 2.05) is 44.2 Å². The van der Waals surface area contributed by atoms with Crippen molar-refractivity contribution >= 4 is 11.9 Å². The fraction of sp³-hybridized carbons (Fsp3) is 0.391. The molecule has 0 spiro atoms. The van der Waals surface area contributed by atoms with Gasteiger partial charge >= 0.3 is 5.97 Å². The molecule has 1 amide bonds. The third kappa shape index (κ3) is 4.70. The Morgan fingerprint density at radius 1 is 1.14 bits per heavy atom. The molecule has 6 heteroatoms. The van der Waals surface area contributed by atoms with E-state index in [0.717, 1.165) is 24.8 Å². The maximum absolute atomic E-state index is 12.6. The lowest BCUT2D eigenvalue weighted by Gasteiger charge is -2.19. The van der Waals surface area contributed by atoms with Crippen molar-refractivity contribution in [1.82, 2.24) is 5.32 Å². The maximum Gasteiger partial charge on any atom is 0.345 e. The van der Waals surface area contributed by atoms with Gasteiger partial charge in [0.2, 0.25) is 6.10 Å². The molecule has 4 rings (SSSR count). The van der Waals surface area contributed by atoms with Gasteiger partial charge in [0, 0.05) is 23.6 Å². The molecule has 6 nitrogen and oxygen atoms in total. The van der Waals surface area contributed by atoms with Crippen molar-refractivity contribution in [1.29, 1.82) is 0 Å². The lowest BCUT2D eigenvalue weighted by atomic mass is 10.0. The molecule has 0 radical (unpaired) electrons. The smallest absolute Gasteiger partial charge is 0.345 e. The van der Waals surface area contributed by atoms with Crippen molar-refractivity contribution < 1.29 is 23.8 Å². The highest BCUT2D eigenvalue weighted by Crippen LogP contribution is 2.41. The first-order chi connectivity index (χ1) is 13.9. The number of carbonyl (C=O) groups is 2. The van der Waals surface area contributed by atoms with Crippen LogP contribution in [0.15, 0.2) is 48.5 Å². The lowest BCUT2D eigenvalue weighted by molar-refractivity contribution is -0.158. The number of carbonyl (C=O) groups excluding carboxylic acids is 2. The number of nitrogens with one attached hydrogen (secondary N) is 1. The Morgan fingerprint density at radius 3 is 2.62 bits per heavy atom. The van der Waals surface area contributed by atoms with Gasteiger partial charge in [-0.1, -0.05) is 42.5 Å². The largest absolute Gasteiger partial charge is 0.483 e. The van der Waals surface area contributed by atoms with E-state index in [9.17, 15) is 9.59 Å². The van der Waals surface area contributed by atoms with Gasteiger partial charge in [0.1, 0.15) is 5.60 Å². The van der Waals surface area contributed by atoms with Gasteiger partial charge in [0.05, 0.1) is 0 Å². The Balaban J connectivity index is 1.41. The molecule has 1 heterocycles. The summed E-state index contributed by atoms with van der Waals surface area (Å²) < 4.78 is 17.1. The summed E-state index contributed by atoms with van der Waals surface area (Å²) in [6.45, 7) is 3.71. The highest BCUT2D eigenvalue weighted by atomic mass is 16.6. The Bertz CT molecular complexity index is 905. The molecule has 0 aromatic heterocycles. The lowest BCUT2D eigenvalue weighted by Crippen LogP contribution is -2.34. The molecule has 152 valence electrons. The van der Waals surface area contributed by atoms with E-state index in [4.69, 9.17) is 14.2 Å². The topological polar surface area (TPSA) is 73.9 Å². The molecule has 1 saturated carbocycles. The minimum absolute atomic E-state index is 0.177. The standard InChI is InChI=1S/C23H25NO5/c1-23(2)13-16-9-6-10-18(20(16)29-23)27-14-19(25)28-21(15-7-4-3-5-8-15)22(26)24-17-11-12-17/h3-10,17,21H,11-14H2,1-2H3,(H,24,26). The van der Waals surface area contributed by atoms with Crippen LogP contribution in [0.4, 0.5) is 0 Å². The SMILES string of the molecule is CC1(C)Cc2cccc(OCC(=O)OC(C(=O)NC3CC3)c3ccccc3)c2O1. The number of benzene rings is 2. The summed E-state index contributed by atoms with van der Waals surface area (Å²) in [7, 11) is 0. The van der Waals surface area contributed by atoms with Crippen molar-refractivity contribution in [3.8, 4) is 11.5 Å². The van der Waals surface area contributed by atoms with Crippen LogP contribution in [0.25, 0.3) is 0 Å². The summed E-state index contributed by atoms with van der Waals surface area (Å²) in [5.41, 5.74) is 1.37. The first kappa shape index (κ1) is 19.3. The zero-order valence-electron chi connectivity index (χ0n) is 16.6. The third-order valence-electron chi connectivity index (χ3n) is 4.91. The van der Waals surface area contributed by atoms with E-state index in [1.165, 1.54) is 0 Å². The predicted octanol–water partition coefficient (Wildman–Crippen LogP) is 3.34. The predicted molar refractivity (Wildman–Crippen MR) is 107 cm³/mol. The first-order valence-corrected chi connectivity index (χ1v) is 9.90. The van der Waals surface area contributed by atoms with Crippen LogP contribution < -0.4 is 14.8 Å². The van der Waals surface area contributed by atoms with Gasteiger partial charge in [-0.3, -0.25) is 4.79 Å². The second-order valence-electron chi connectivity index (χ2n) is 8.14. The average molecular weight is 395 g/mol. The molecule has 1 N–H and O–H groups in total. The molecule has 0 bridgehead atoms. The number of hydrogen-bond acceptors (Lipinski definition) is 5. The molecule has 2 aliphatic rings. The van der Waals surface area contributed by atoms with Crippen molar-refractivity contribution in [3.05, 3.63) is 59.7 Å². The Morgan fingerprint density at radius 2 is 1.90 bits per heavy atom. The number of rotatable bonds is 7. The van der Waals surface area contributed by atoms with E-state index in [2.05, 4.69) is 5.32 Å². The molecule has 1 aliphatic carbocycles. The van der Waals surface area contributed by atoms with Crippen molar-refractivity contribution in [3.63, 3.8) is 0 Å². The van der Waals surface area contributed by atoms with Crippen LogP contribution in [-0.2, 0) is 20.7 Å². The molecule has 1 aliphatic heterocycles. The van der Waals surface area contributed by atoms with Gasteiger partial charge in [-0.15, -0.1) is 0 Å². The molecule has 2 aromatic rings. The molecular formula is C23H25NO5. The van der Waals surface area contributed by atoms with Gasteiger partial charge < -0.3 is 19.5 Å². The molecule has 29 heavy (non-hydrogen) atoms. The minimum Gasteiger partial charge on any atom is -0.483 e. The average Bonchev–Trinajstić information content (AvgIpc) is 3.44. The van der Waals surface area contributed by atoms with Gasteiger partial charge in [0.25, 0.3) is 5.91 Å². The van der Waals surface area contributed by atoms with Crippen LogP contribution in [-0.4, -0.2) is 30.1 Å². The number of amides is 1. The first-order valence-electron chi connectivity index (χ1n) is 9.90. The highest BCUT2D eigenvalue weighted by molar-refractivity contribution is 5.85. The van der Waals surface area contributed by atoms with Crippen molar-refractivity contribution in [2.45, 2.75) is 50.9 Å². The Labute approximate surface area is 170 Å². The Hall–Kier alpha value is -3.02. The van der Waals surface area contributed by atoms with Gasteiger partial charge in [0.15, 0.2) is 18.1 Å². The number of hydrogen-bond donors (Lipinski definition) is 1. The number of esters is 1. The summed E-state index contributed by atoms with van der Waals surface area (Å²) in [5.74, 6) is 0.248. The monoisotopic (exact) mass is 395 g/mol. The molecule has 2 aromatic carbocycles. The second-order valence-corrected chi connectivity index (χ2v) is 8.14. The van der Waals surface area contributed by atoms with Crippen LogP contribution in [0.3, 0.4) is 0 Å². The summed E-state index contributed by atoms with van der Waals surface area (Å²) in [5, 5.41) is 2.90. The number of fused-ring (bicyclic) bond motifs is 1. The van der Waals surface area contributed by atoms with E-state index in [-0.39, 0.29) is 24.2 Å². The summed E-state index contributed by atoms with van der Waals surface area (Å²) in [6.07, 6.45) is 1.70. The maximum atomic E-state index is 12.6. The molecule has 1 atom stereocenters. The van der Waals surface area contributed by atoms with Gasteiger partial charge in [-0.25, -0.2) is 4.79 Å². The van der Waals surface area contributed by atoms with Crippen LogP contribution in [0, 0.1) is 0 Å². The zero-order chi connectivity index (χ0) is 20.4. The fourth-order valence-electron chi connectivity index (χ4n) is 3.41. The van der Waals surface area contributed by atoms with Crippen LogP contribution in [0.5, 0.6) is 11.5 Å². The van der Waals surface area contributed by atoms with Gasteiger partial charge in [-0.2, -0.15) is 0 Å². The normalized spacial score (nSPS) is 17.6. The second kappa shape index (κ2) is 7.78. The molecular weight excluding hydrogens is 370 g/mol. The molecule has 1 fully saturated rings. The number of para-hydroxylation sites is 1. The third-order valence-corrected chi connectivity index (χ3v) is 4.91. The number of ether oxygens (including phenoxy) is 3. The van der Waals surface area contributed by atoms with Crippen LogP contribution >= 0.6 is 0 Å². The zero-order valence-corrected chi connectivity index (χ0v) is 16.6. The Kier molecular flexibility index (Phi) is 5.18. The van der Waals surface area contributed by atoms with Crippen LogP contribution in [0.2, 0.25) is 0 Å². The fourth-order valence-corrected chi connectivity index (χ4v) is 3.41. The van der Waals surface area contributed by atoms with E-state index in [1.54, 1.807) is 18.2 Å². The van der Waals surface area contributed by atoms with Crippen molar-refractivity contribution in [2.75, 3.05) is 6.61 Å². The summed E-state index contributed by atoms with van der Waals surface area (Å²) in [6, 6.07) is 14.8. The van der Waals surface area contributed by atoms with Crippen molar-refractivity contribution in [2.24, 2.45) is 0 Å². The summed E-state index contributed by atoms with van der Waals surface area (Å²) in [4.78, 5) is 25.0. The van der Waals surface area contributed by atoms with E-state index in [0.29, 0.717) is 17.1 Å². The quantitative estimate of drug-likeness (QED) is 0.728. The van der Waals surface area contributed by atoms with Gasteiger partial charge in [-0.05, 0) is 32.8 Å². The molecule has 1 unspecified atom stereocenters. The minimum atomic E-state index is -0.996. The summed E-state index contributed by atoms with van der Waals surface area (Å²) >= 11 is 0.